The molecule has 1 aromatic heterocycles. The largest absolute Gasteiger partial charge is 0.503 e. The Kier molecular flexibility index (Phi) is 1.99. The summed E-state index contributed by atoms with van der Waals surface area (Å²) in [4.78, 5) is 14.9. The van der Waals surface area contributed by atoms with Crippen LogP contribution in [0.1, 0.15) is 16.1 Å². The molecule has 1 aromatic rings. The van der Waals surface area contributed by atoms with Gasteiger partial charge >= 0.3 is 5.97 Å². The van der Waals surface area contributed by atoms with Crippen LogP contribution in [0, 0.1) is 0 Å². The van der Waals surface area contributed by atoms with Gasteiger partial charge in [-0.3, -0.25) is 0 Å². The number of methoxy groups -OCH3 is 1. The third-order valence-corrected chi connectivity index (χ3v) is 2.08. The standard InChI is InChI=1S/C9H9NO4/c1-13-9(12)6-7(11)8-5(4-10-6)2-3-14-8/h4,11H,2-3H2,1H3. The highest BCUT2D eigenvalue weighted by atomic mass is 16.5. The maximum Gasteiger partial charge on any atom is 0.360 e. The van der Waals surface area contributed by atoms with E-state index in [2.05, 4.69) is 9.72 Å². The molecule has 1 aliphatic rings. The van der Waals surface area contributed by atoms with Gasteiger partial charge in [-0.15, -0.1) is 0 Å². The van der Waals surface area contributed by atoms with Crippen molar-refractivity contribution in [2.24, 2.45) is 0 Å². The summed E-state index contributed by atoms with van der Waals surface area (Å²) in [6.07, 6.45) is 2.23. The quantitative estimate of drug-likeness (QED) is 0.661. The number of hydrogen-bond donors (Lipinski definition) is 1. The molecule has 14 heavy (non-hydrogen) atoms. The molecule has 0 spiro atoms. The van der Waals surface area contributed by atoms with Crippen molar-refractivity contribution in [3.8, 4) is 11.5 Å². The van der Waals surface area contributed by atoms with E-state index in [0.717, 1.165) is 5.56 Å². The van der Waals surface area contributed by atoms with Crippen molar-refractivity contribution in [3.05, 3.63) is 17.5 Å². The van der Waals surface area contributed by atoms with Crippen LogP contribution >= 0.6 is 0 Å². The van der Waals surface area contributed by atoms with Gasteiger partial charge in [0.05, 0.1) is 13.7 Å². The molecule has 74 valence electrons. The van der Waals surface area contributed by atoms with Crippen molar-refractivity contribution in [3.63, 3.8) is 0 Å². The number of fused-ring (bicyclic) bond motifs is 1. The summed E-state index contributed by atoms with van der Waals surface area (Å²) < 4.78 is 9.63. The number of nitrogens with zero attached hydrogens (tertiary/aromatic N) is 1. The van der Waals surface area contributed by atoms with Gasteiger partial charge in [0.2, 0.25) is 0 Å². The summed E-state index contributed by atoms with van der Waals surface area (Å²) in [6, 6.07) is 0. The molecule has 0 aliphatic carbocycles. The van der Waals surface area contributed by atoms with E-state index in [-0.39, 0.29) is 11.4 Å². The smallest absolute Gasteiger partial charge is 0.360 e. The molecule has 2 heterocycles. The molecule has 1 N–H and O–H groups in total. The number of aromatic nitrogens is 1. The van der Waals surface area contributed by atoms with Crippen molar-refractivity contribution >= 4 is 5.97 Å². The first-order valence-electron chi connectivity index (χ1n) is 4.16. The zero-order chi connectivity index (χ0) is 10.1. The first-order valence-corrected chi connectivity index (χ1v) is 4.16. The van der Waals surface area contributed by atoms with E-state index >= 15 is 0 Å². The van der Waals surface area contributed by atoms with E-state index in [1.807, 2.05) is 0 Å². The molecule has 0 fully saturated rings. The van der Waals surface area contributed by atoms with Crippen LogP contribution in [0.2, 0.25) is 0 Å². The first kappa shape index (κ1) is 8.80. The second kappa shape index (κ2) is 3.17. The van der Waals surface area contributed by atoms with Crippen molar-refractivity contribution in [2.45, 2.75) is 6.42 Å². The highest BCUT2D eigenvalue weighted by Gasteiger charge is 2.24. The molecular formula is C9H9NO4. The lowest BCUT2D eigenvalue weighted by atomic mass is 10.2. The number of ether oxygens (including phenoxy) is 2. The van der Waals surface area contributed by atoms with Crippen molar-refractivity contribution < 1.29 is 19.4 Å². The summed E-state index contributed by atoms with van der Waals surface area (Å²) in [5.41, 5.74) is 0.711. The zero-order valence-corrected chi connectivity index (χ0v) is 7.61. The normalized spacial score (nSPS) is 13.2. The minimum absolute atomic E-state index is 0.104. The Morgan fingerprint density at radius 3 is 3.21 bits per heavy atom. The molecule has 5 nitrogen and oxygen atoms in total. The SMILES string of the molecule is COC(=O)c1ncc2c(c1O)OCC2. The number of rotatable bonds is 1. The van der Waals surface area contributed by atoms with Crippen LogP contribution in [0.25, 0.3) is 0 Å². The summed E-state index contributed by atoms with van der Waals surface area (Å²) in [7, 11) is 1.23. The Hall–Kier alpha value is -1.78. The molecule has 5 heteroatoms. The minimum atomic E-state index is -0.666. The Morgan fingerprint density at radius 2 is 2.50 bits per heavy atom. The van der Waals surface area contributed by atoms with Gasteiger partial charge in [0.15, 0.2) is 17.2 Å². The van der Waals surface area contributed by atoms with Crippen molar-refractivity contribution in [1.82, 2.24) is 4.98 Å². The molecule has 0 saturated heterocycles. The molecule has 0 aromatic carbocycles. The molecular weight excluding hydrogens is 186 g/mol. The number of hydrogen-bond acceptors (Lipinski definition) is 5. The van der Waals surface area contributed by atoms with Crippen LogP contribution in [0.3, 0.4) is 0 Å². The van der Waals surface area contributed by atoms with Crippen LogP contribution in [-0.4, -0.2) is 29.8 Å². The monoisotopic (exact) mass is 195 g/mol. The Balaban J connectivity index is 2.50. The van der Waals surface area contributed by atoms with E-state index < -0.39 is 5.97 Å². The molecule has 0 saturated carbocycles. The predicted octanol–water partition coefficient (Wildman–Crippen LogP) is 0.509. The summed E-state index contributed by atoms with van der Waals surface area (Å²) in [5.74, 6) is -0.548. The fourth-order valence-electron chi connectivity index (χ4n) is 1.37. The number of aromatic hydroxyl groups is 1. The van der Waals surface area contributed by atoms with Gasteiger partial charge in [-0.2, -0.15) is 0 Å². The predicted molar refractivity (Wildman–Crippen MR) is 46.4 cm³/mol. The Labute approximate surface area is 80.3 Å². The van der Waals surface area contributed by atoms with Gasteiger partial charge in [-0.1, -0.05) is 0 Å². The second-order valence-corrected chi connectivity index (χ2v) is 2.90. The highest BCUT2D eigenvalue weighted by Crippen LogP contribution is 2.36. The molecule has 0 amide bonds. The van der Waals surface area contributed by atoms with Crippen molar-refractivity contribution in [2.75, 3.05) is 13.7 Å². The maximum atomic E-state index is 11.1. The third kappa shape index (κ3) is 1.17. The summed E-state index contributed by atoms with van der Waals surface area (Å²) in [5, 5.41) is 9.62. The number of carbonyl (C=O) groups is 1. The summed E-state index contributed by atoms with van der Waals surface area (Å²) in [6.45, 7) is 0.509. The fourth-order valence-corrected chi connectivity index (χ4v) is 1.37. The van der Waals surface area contributed by atoms with E-state index in [4.69, 9.17) is 4.74 Å². The molecule has 2 rings (SSSR count). The lowest BCUT2D eigenvalue weighted by Crippen LogP contribution is -2.05. The van der Waals surface area contributed by atoms with Gasteiger partial charge in [0.25, 0.3) is 0 Å². The lowest BCUT2D eigenvalue weighted by molar-refractivity contribution is 0.0589. The van der Waals surface area contributed by atoms with E-state index in [0.29, 0.717) is 18.8 Å². The van der Waals surface area contributed by atoms with Crippen LogP contribution in [0.15, 0.2) is 6.20 Å². The lowest BCUT2D eigenvalue weighted by Gasteiger charge is -2.05. The molecule has 0 unspecified atom stereocenters. The third-order valence-electron chi connectivity index (χ3n) is 2.08. The minimum Gasteiger partial charge on any atom is -0.503 e. The van der Waals surface area contributed by atoms with Crippen molar-refractivity contribution in [1.29, 1.82) is 0 Å². The Morgan fingerprint density at radius 1 is 1.71 bits per heavy atom. The van der Waals surface area contributed by atoms with Gasteiger partial charge in [0, 0.05) is 18.2 Å². The average molecular weight is 195 g/mol. The van der Waals surface area contributed by atoms with E-state index in [9.17, 15) is 9.90 Å². The van der Waals surface area contributed by atoms with Crippen LogP contribution in [0.5, 0.6) is 11.5 Å². The number of carbonyl (C=O) groups excluding carboxylic acids is 1. The molecule has 1 aliphatic heterocycles. The van der Waals surface area contributed by atoms with Crippen LogP contribution in [-0.2, 0) is 11.2 Å². The number of pyridine rings is 1. The van der Waals surface area contributed by atoms with Crippen LogP contribution < -0.4 is 4.74 Å². The maximum absolute atomic E-state index is 11.1. The molecule has 0 bridgehead atoms. The number of esters is 1. The fraction of sp³-hybridized carbons (Fsp3) is 0.333. The van der Waals surface area contributed by atoms with E-state index in [1.165, 1.54) is 13.3 Å². The molecule has 0 radical (unpaired) electrons. The van der Waals surface area contributed by atoms with Gasteiger partial charge < -0.3 is 14.6 Å². The zero-order valence-electron chi connectivity index (χ0n) is 7.61. The Bertz CT molecular complexity index is 389. The average Bonchev–Trinajstić information content (AvgIpc) is 2.66. The second-order valence-electron chi connectivity index (χ2n) is 2.90. The highest BCUT2D eigenvalue weighted by molar-refractivity contribution is 5.91. The van der Waals surface area contributed by atoms with E-state index in [1.54, 1.807) is 0 Å². The van der Waals surface area contributed by atoms with Crippen LogP contribution in [0.4, 0.5) is 0 Å². The van der Waals surface area contributed by atoms with Gasteiger partial charge in [0.1, 0.15) is 0 Å². The molecule has 0 atom stereocenters. The van der Waals surface area contributed by atoms with Gasteiger partial charge in [-0.25, -0.2) is 9.78 Å². The van der Waals surface area contributed by atoms with Gasteiger partial charge in [-0.05, 0) is 0 Å². The topological polar surface area (TPSA) is 68.7 Å². The summed E-state index contributed by atoms with van der Waals surface area (Å²) >= 11 is 0. The first-order chi connectivity index (χ1) is 6.74.